The van der Waals surface area contributed by atoms with Gasteiger partial charge in [0.25, 0.3) is 5.91 Å². The van der Waals surface area contributed by atoms with Crippen molar-refractivity contribution in [1.29, 1.82) is 0 Å². The second-order valence-corrected chi connectivity index (χ2v) is 7.62. The number of alkyl halides is 3. The average Bonchev–Trinajstić information content (AvgIpc) is 3.20. The van der Waals surface area contributed by atoms with Gasteiger partial charge >= 0.3 is 6.18 Å². The van der Waals surface area contributed by atoms with Gasteiger partial charge in [0.05, 0.1) is 12.7 Å². The van der Waals surface area contributed by atoms with E-state index in [-0.39, 0.29) is 18.3 Å². The molecule has 8 heteroatoms. The molecule has 5 nitrogen and oxygen atoms in total. The number of rotatable bonds is 5. The Labute approximate surface area is 177 Å². The normalized spacial score (nSPS) is 15.3. The molecule has 0 radical (unpaired) electrons. The first-order valence-electron chi connectivity index (χ1n) is 10.1. The molecule has 1 aliphatic rings. The Balaban J connectivity index is 1.34. The molecule has 2 aromatic carbocycles. The van der Waals surface area contributed by atoms with Crippen LogP contribution >= 0.6 is 0 Å². The number of nitrogens with zero attached hydrogens (tertiary/aromatic N) is 1. The number of likely N-dealkylation sites (tertiary alicyclic amines) is 1. The van der Waals surface area contributed by atoms with E-state index in [1.54, 1.807) is 12.0 Å². The van der Waals surface area contributed by atoms with E-state index >= 15 is 0 Å². The van der Waals surface area contributed by atoms with E-state index in [1.165, 1.54) is 17.7 Å². The number of ether oxygens (including phenoxy) is 2. The third-order valence-corrected chi connectivity index (χ3v) is 5.73. The maximum atomic E-state index is 12.8. The topological polar surface area (TPSA) is 54.6 Å². The van der Waals surface area contributed by atoms with Crippen molar-refractivity contribution in [2.24, 2.45) is 0 Å². The summed E-state index contributed by atoms with van der Waals surface area (Å²) in [6, 6.07) is 10.5. The molecular formula is C23H23F3N2O3. The molecule has 0 aliphatic carbocycles. The molecule has 3 aromatic rings. The number of aromatic amines is 1. The molecule has 1 aliphatic heterocycles. The molecule has 4 rings (SSSR count). The van der Waals surface area contributed by atoms with Gasteiger partial charge in [-0.05, 0) is 60.7 Å². The summed E-state index contributed by atoms with van der Waals surface area (Å²) in [5.41, 5.74) is 1.46. The predicted octanol–water partition coefficient (Wildman–Crippen LogP) is 4.98. The highest BCUT2D eigenvalue weighted by Crippen LogP contribution is 2.35. The lowest BCUT2D eigenvalue weighted by Gasteiger charge is -2.32. The molecular weight excluding hydrogens is 409 g/mol. The summed E-state index contributed by atoms with van der Waals surface area (Å²) in [7, 11) is 1.64. The third kappa shape index (κ3) is 4.62. The number of H-pyrrole nitrogens is 1. The van der Waals surface area contributed by atoms with Crippen molar-refractivity contribution in [3.63, 3.8) is 0 Å². The summed E-state index contributed by atoms with van der Waals surface area (Å²) in [5, 5.41) is 1.12. The van der Waals surface area contributed by atoms with E-state index < -0.39 is 11.7 Å². The van der Waals surface area contributed by atoms with Gasteiger partial charge in [-0.1, -0.05) is 6.07 Å². The fraction of sp³-hybridized carbons (Fsp3) is 0.348. The summed E-state index contributed by atoms with van der Waals surface area (Å²) >= 11 is 0. The number of carbonyl (C=O) groups is 1. The number of benzene rings is 2. The Morgan fingerprint density at radius 1 is 1.13 bits per heavy atom. The van der Waals surface area contributed by atoms with Crippen molar-refractivity contribution in [2.45, 2.75) is 24.9 Å². The van der Waals surface area contributed by atoms with Crippen molar-refractivity contribution in [3.05, 3.63) is 59.8 Å². The highest BCUT2D eigenvalue weighted by molar-refractivity contribution is 5.85. The standard InChI is InChI=1S/C23H23F3N2O3/c1-30-17-5-6-21-19(12-17)20(13-27-21)15-7-9-28(10-8-15)22(29)14-31-18-4-2-3-16(11-18)23(24,25)26/h2-6,11-13,15,27H,7-10,14H2,1H3. The number of aromatic nitrogens is 1. The fourth-order valence-corrected chi connectivity index (χ4v) is 4.02. The number of fused-ring (bicyclic) bond motifs is 1. The lowest BCUT2D eigenvalue weighted by molar-refractivity contribution is -0.137. The van der Waals surface area contributed by atoms with Crippen LogP contribution in [-0.2, 0) is 11.0 Å². The van der Waals surface area contributed by atoms with Crippen LogP contribution in [0.3, 0.4) is 0 Å². The molecule has 1 saturated heterocycles. The number of methoxy groups -OCH3 is 1. The van der Waals surface area contributed by atoms with Crippen LogP contribution in [0.15, 0.2) is 48.7 Å². The zero-order chi connectivity index (χ0) is 22.0. The molecule has 0 atom stereocenters. The number of hydrogen-bond acceptors (Lipinski definition) is 3. The van der Waals surface area contributed by atoms with Crippen molar-refractivity contribution in [2.75, 3.05) is 26.8 Å². The van der Waals surface area contributed by atoms with Gasteiger partial charge in [-0.2, -0.15) is 13.2 Å². The van der Waals surface area contributed by atoms with Gasteiger partial charge in [0.2, 0.25) is 0 Å². The maximum Gasteiger partial charge on any atom is 0.416 e. The minimum absolute atomic E-state index is 0.0331. The van der Waals surface area contributed by atoms with Gasteiger partial charge in [0.1, 0.15) is 11.5 Å². The number of piperidine rings is 1. The minimum Gasteiger partial charge on any atom is -0.497 e. The van der Waals surface area contributed by atoms with Crippen LogP contribution in [0.25, 0.3) is 10.9 Å². The lowest BCUT2D eigenvalue weighted by Crippen LogP contribution is -2.40. The number of amides is 1. The molecule has 1 N–H and O–H groups in total. The zero-order valence-corrected chi connectivity index (χ0v) is 17.0. The largest absolute Gasteiger partial charge is 0.497 e. The average molecular weight is 432 g/mol. The van der Waals surface area contributed by atoms with Crippen molar-refractivity contribution >= 4 is 16.8 Å². The summed E-state index contributed by atoms with van der Waals surface area (Å²) in [6.07, 6.45) is -0.820. The second kappa shape index (κ2) is 8.53. The van der Waals surface area contributed by atoms with Crippen LogP contribution in [-0.4, -0.2) is 42.6 Å². The van der Waals surface area contributed by atoms with E-state index in [4.69, 9.17) is 9.47 Å². The smallest absolute Gasteiger partial charge is 0.416 e. The van der Waals surface area contributed by atoms with Gasteiger partial charge in [0, 0.05) is 30.2 Å². The van der Waals surface area contributed by atoms with Gasteiger partial charge in [0.15, 0.2) is 6.61 Å². The number of nitrogens with one attached hydrogen (secondary N) is 1. The quantitative estimate of drug-likeness (QED) is 0.619. The van der Waals surface area contributed by atoms with E-state index in [0.29, 0.717) is 19.0 Å². The fourth-order valence-electron chi connectivity index (χ4n) is 4.02. The highest BCUT2D eigenvalue weighted by atomic mass is 19.4. The Kier molecular flexibility index (Phi) is 5.80. The van der Waals surface area contributed by atoms with Gasteiger partial charge in [-0.15, -0.1) is 0 Å². The van der Waals surface area contributed by atoms with Crippen LogP contribution in [0.4, 0.5) is 13.2 Å². The molecule has 164 valence electrons. The minimum atomic E-state index is -4.45. The first-order valence-corrected chi connectivity index (χ1v) is 10.1. The number of carbonyl (C=O) groups excluding carboxylic acids is 1. The molecule has 1 fully saturated rings. The first kappa shape index (κ1) is 21.1. The van der Waals surface area contributed by atoms with E-state index in [1.807, 2.05) is 24.4 Å². The van der Waals surface area contributed by atoms with Gasteiger partial charge in [-0.25, -0.2) is 0 Å². The Morgan fingerprint density at radius 3 is 2.61 bits per heavy atom. The van der Waals surface area contributed by atoms with Crippen LogP contribution in [0.2, 0.25) is 0 Å². The van der Waals surface area contributed by atoms with Crippen LogP contribution in [0, 0.1) is 0 Å². The summed E-state index contributed by atoms with van der Waals surface area (Å²) in [6.45, 7) is 0.869. The summed E-state index contributed by atoms with van der Waals surface area (Å²) < 4.78 is 49.1. The Morgan fingerprint density at radius 2 is 1.90 bits per heavy atom. The number of hydrogen-bond donors (Lipinski definition) is 1. The molecule has 1 aromatic heterocycles. The van der Waals surface area contributed by atoms with Crippen LogP contribution in [0.1, 0.15) is 29.9 Å². The molecule has 2 heterocycles. The second-order valence-electron chi connectivity index (χ2n) is 7.62. The lowest BCUT2D eigenvalue weighted by atomic mass is 9.89. The number of halogens is 3. The van der Waals surface area contributed by atoms with Crippen LogP contribution in [0.5, 0.6) is 11.5 Å². The predicted molar refractivity (Wildman–Crippen MR) is 110 cm³/mol. The summed E-state index contributed by atoms with van der Waals surface area (Å²) in [4.78, 5) is 17.5. The van der Waals surface area contributed by atoms with E-state index in [9.17, 15) is 18.0 Å². The molecule has 0 spiro atoms. The van der Waals surface area contributed by atoms with E-state index in [2.05, 4.69) is 4.98 Å². The third-order valence-electron chi connectivity index (χ3n) is 5.73. The molecule has 0 unspecified atom stereocenters. The maximum absolute atomic E-state index is 12.8. The van der Waals surface area contributed by atoms with Crippen molar-refractivity contribution < 1.29 is 27.4 Å². The van der Waals surface area contributed by atoms with Crippen molar-refractivity contribution in [3.8, 4) is 11.5 Å². The first-order chi connectivity index (χ1) is 14.8. The monoisotopic (exact) mass is 432 g/mol. The highest BCUT2D eigenvalue weighted by Gasteiger charge is 2.31. The van der Waals surface area contributed by atoms with Gasteiger partial charge < -0.3 is 19.4 Å². The Hall–Kier alpha value is -3.16. The van der Waals surface area contributed by atoms with Crippen molar-refractivity contribution in [1.82, 2.24) is 9.88 Å². The molecule has 1 amide bonds. The van der Waals surface area contributed by atoms with E-state index in [0.717, 1.165) is 41.6 Å². The molecule has 0 saturated carbocycles. The summed E-state index contributed by atoms with van der Waals surface area (Å²) in [5.74, 6) is 0.921. The molecule has 0 bridgehead atoms. The SMILES string of the molecule is COc1ccc2[nH]cc(C3CCN(C(=O)COc4cccc(C(F)(F)F)c4)CC3)c2c1. The molecule has 31 heavy (non-hydrogen) atoms. The zero-order valence-electron chi connectivity index (χ0n) is 17.0. The Bertz CT molecular complexity index is 1070. The van der Waals surface area contributed by atoms with Gasteiger partial charge in [-0.3, -0.25) is 4.79 Å². The van der Waals surface area contributed by atoms with Crippen LogP contribution < -0.4 is 9.47 Å².